The molecule has 1 aromatic carbocycles. The van der Waals surface area contributed by atoms with Gasteiger partial charge in [-0.2, -0.15) is 11.3 Å². The first-order valence-corrected chi connectivity index (χ1v) is 11.0. The van der Waals surface area contributed by atoms with Crippen LogP contribution in [0.2, 0.25) is 0 Å². The van der Waals surface area contributed by atoms with Gasteiger partial charge in [0.25, 0.3) is 11.8 Å². The second-order valence-electron chi connectivity index (χ2n) is 7.01. The molecule has 30 heavy (non-hydrogen) atoms. The quantitative estimate of drug-likeness (QED) is 0.419. The fraction of sp³-hybridized carbons (Fsp3) is 0.409. The molecule has 0 aliphatic heterocycles. The van der Waals surface area contributed by atoms with Crippen molar-refractivity contribution in [3.8, 4) is 0 Å². The maximum Gasteiger partial charge on any atom is 0.306 e. The molecule has 0 radical (unpaired) electrons. The Kier molecular flexibility index (Phi) is 9.34. The smallest absolute Gasteiger partial charge is 0.306 e. The highest BCUT2D eigenvalue weighted by Crippen LogP contribution is 2.19. The molecule has 8 heteroatoms. The van der Waals surface area contributed by atoms with Crippen molar-refractivity contribution in [1.82, 2.24) is 5.32 Å². The Morgan fingerprint density at radius 3 is 2.47 bits per heavy atom. The largest absolute Gasteiger partial charge is 0.456 e. The third-order valence-corrected chi connectivity index (χ3v) is 5.12. The van der Waals surface area contributed by atoms with Gasteiger partial charge >= 0.3 is 5.97 Å². The van der Waals surface area contributed by atoms with Gasteiger partial charge in [-0.1, -0.05) is 0 Å². The SMILES string of the molecule is CCN(c1ccc(NC(=O)COC(=O)CCCNC(=O)c2ccsc2)cc1)C(C)C. The van der Waals surface area contributed by atoms with Crippen molar-refractivity contribution >= 4 is 40.5 Å². The van der Waals surface area contributed by atoms with Gasteiger partial charge < -0.3 is 20.3 Å². The molecule has 0 aliphatic carbocycles. The van der Waals surface area contributed by atoms with E-state index in [9.17, 15) is 14.4 Å². The number of anilines is 2. The molecular weight excluding hydrogens is 402 g/mol. The van der Waals surface area contributed by atoms with E-state index < -0.39 is 11.9 Å². The van der Waals surface area contributed by atoms with E-state index >= 15 is 0 Å². The van der Waals surface area contributed by atoms with Crippen LogP contribution in [-0.4, -0.2) is 43.5 Å². The molecule has 1 aromatic heterocycles. The summed E-state index contributed by atoms with van der Waals surface area (Å²) >= 11 is 1.45. The number of benzene rings is 1. The molecule has 0 spiro atoms. The number of hydrogen-bond donors (Lipinski definition) is 2. The lowest BCUT2D eigenvalue weighted by atomic mass is 10.2. The normalized spacial score (nSPS) is 10.5. The zero-order valence-corrected chi connectivity index (χ0v) is 18.5. The molecule has 2 rings (SSSR count). The van der Waals surface area contributed by atoms with Crippen LogP contribution >= 0.6 is 11.3 Å². The second-order valence-corrected chi connectivity index (χ2v) is 7.79. The summed E-state index contributed by atoms with van der Waals surface area (Å²) in [5.41, 5.74) is 2.35. The van der Waals surface area contributed by atoms with E-state index in [1.807, 2.05) is 29.6 Å². The fourth-order valence-electron chi connectivity index (χ4n) is 2.93. The van der Waals surface area contributed by atoms with Crippen LogP contribution in [0.4, 0.5) is 11.4 Å². The van der Waals surface area contributed by atoms with Crippen molar-refractivity contribution in [3.63, 3.8) is 0 Å². The molecule has 2 amide bonds. The molecule has 2 N–H and O–H groups in total. The van der Waals surface area contributed by atoms with Gasteiger partial charge in [-0.3, -0.25) is 14.4 Å². The van der Waals surface area contributed by atoms with Crippen LogP contribution in [0.3, 0.4) is 0 Å². The van der Waals surface area contributed by atoms with Gasteiger partial charge in [-0.15, -0.1) is 0 Å². The zero-order valence-electron chi connectivity index (χ0n) is 17.6. The summed E-state index contributed by atoms with van der Waals surface area (Å²) in [7, 11) is 0. The highest BCUT2D eigenvalue weighted by atomic mass is 32.1. The van der Waals surface area contributed by atoms with Gasteiger partial charge in [0.15, 0.2) is 6.61 Å². The third-order valence-electron chi connectivity index (χ3n) is 4.44. The van der Waals surface area contributed by atoms with E-state index in [-0.39, 0.29) is 18.9 Å². The summed E-state index contributed by atoms with van der Waals surface area (Å²) in [6, 6.07) is 9.70. The van der Waals surface area contributed by atoms with Crippen molar-refractivity contribution in [2.24, 2.45) is 0 Å². The highest BCUT2D eigenvalue weighted by Gasteiger charge is 2.11. The standard InChI is InChI=1S/C22H29N3O4S/c1-4-25(16(2)3)19-9-7-18(8-10-19)24-20(26)14-29-21(27)6-5-12-23-22(28)17-11-13-30-15-17/h7-11,13,15-16H,4-6,12,14H2,1-3H3,(H,23,28)(H,24,26). The summed E-state index contributed by atoms with van der Waals surface area (Å²) in [5.74, 6) is -1.02. The molecule has 0 unspecified atom stereocenters. The van der Waals surface area contributed by atoms with Crippen molar-refractivity contribution < 1.29 is 19.1 Å². The summed E-state index contributed by atoms with van der Waals surface area (Å²) in [6.07, 6.45) is 0.579. The topological polar surface area (TPSA) is 87.7 Å². The lowest BCUT2D eigenvalue weighted by Crippen LogP contribution is -2.30. The lowest BCUT2D eigenvalue weighted by Gasteiger charge is -2.27. The number of ether oxygens (including phenoxy) is 1. The Bertz CT molecular complexity index is 819. The third kappa shape index (κ3) is 7.51. The minimum Gasteiger partial charge on any atom is -0.456 e. The first-order chi connectivity index (χ1) is 14.4. The molecule has 0 fully saturated rings. The highest BCUT2D eigenvalue weighted by molar-refractivity contribution is 7.08. The van der Waals surface area contributed by atoms with Gasteiger partial charge in [-0.05, 0) is 62.9 Å². The number of carbonyl (C=O) groups is 3. The number of thiophene rings is 1. The average Bonchev–Trinajstić information content (AvgIpc) is 3.26. The molecule has 162 valence electrons. The number of carbonyl (C=O) groups excluding carboxylic acids is 3. The van der Waals surface area contributed by atoms with Crippen molar-refractivity contribution in [3.05, 3.63) is 46.7 Å². The van der Waals surface area contributed by atoms with E-state index in [0.29, 0.717) is 30.3 Å². The van der Waals surface area contributed by atoms with Crippen molar-refractivity contribution in [2.45, 2.75) is 39.7 Å². The summed E-state index contributed by atoms with van der Waals surface area (Å²) in [4.78, 5) is 37.8. The Labute approximate surface area is 181 Å². The Balaban J connectivity index is 1.65. The van der Waals surface area contributed by atoms with Crippen LogP contribution in [0.15, 0.2) is 41.1 Å². The predicted octanol–water partition coefficient (Wildman–Crippen LogP) is 3.67. The molecule has 0 aliphatic rings. The maximum atomic E-state index is 12.0. The monoisotopic (exact) mass is 431 g/mol. The second kappa shape index (κ2) is 12.0. The van der Waals surface area contributed by atoms with Crippen molar-refractivity contribution in [2.75, 3.05) is 29.9 Å². The van der Waals surface area contributed by atoms with Gasteiger partial charge in [0.05, 0.1) is 0 Å². The number of esters is 1. The maximum absolute atomic E-state index is 12.0. The van der Waals surface area contributed by atoms with E-state index in [2.05, 4.69) is 36.3 Å². The van der Waals surface area contributed by atoms with Gasteiger partial charge in [0.2, 0.25) is 0 Å². The number of amides is 2. The first-order valence-electron chi connectivity index (χ1n) is 10.0. The Hall–Kier alpha value is -2.87. The van der Waals surface area contributed by atoms with Crippen LogP contribution in [0, 0.1) is 0 Å². The molecule has 0 saturated carbocycles. The van der Waals surface area contributed by atoms with E-state index in [4.69, 9.17) is 4.74 Å². The molecule has 2 aromatic rings. The van der Waals surface area contributed by atoms with Crippen molar-refractivity contribution in [1.29, 1.82) is 0 Å². The van der Waals surface area contributed by atoms with E-state index in [1.54, 1.807) is 11.4 Å². The number of hydrogen-bond acceptors (Lipinski definition) is 6. The van der Waals surface area contributed by atoms with Crippen LogP contribution in [0.25, 0.3) is 0 Å². The molecule has 0 saturated heterocycles. The molecule has 1 heterocycles. The van der Waals surface area contributed by atoms with Gasteiger partial charge in [0, 0.05) is 47.9 Å². The summed E-state index contributed by atoms with van der Waals surface area (Å²) < 4.78 is 5.00. The molecule has 0 atom stereocenters. The zero-order chi connectivity index (χ0) is 21.9. The first kappa shape index (κ1) is 23.4. The summed E-state index contributed by atoms with van der Waals surface area (Å²) in [6.45, 7) is 7.29. The van der Waals surface area contributed by atoms with Crippen LogP contribution < -0.4 is 15.5 Å². The number of nitrogens with one attached hydrogen (secondary N) is 2. The molecule has 0 bridgehead atoms. The molecular formula is C22H29N3O4S. The minimum atomic E-state index is -0.471. The fourth-order valence-corrected chi connectivity index (χ4v) is 3.56. The Morgan fingerprint density at radius 1 is 1.13 bits per heavy atom. The van der Waals surface area contributed by atoms with E-state index in [1.165, 1.54) is 11.3 Å². The number of rotatable bonds is 11. The van der Waals surface area contributed by atoms with E-state index in [0.717, 1.165) is 12.2 Å². The minimum absolute atomic E-state index is 0.133. The number of nitrogens with zero attached hydrogens (tertiary/aromatic N) is 1. The van der Waals surface area contributed by atoms with Gasteiger partial charge in [-0.25, -0.2) is 0 Å². The van der Waals surface area contributed by atoms with Crippen LogP contribution in [0.1, 0.15) is 44.0 Å². The summed E-state index contributed by atoms with van der Waals surface area (Å²) in [5, 5.41) is 9.05. The Morgan fingerprint density at radius 2 is 1.87 bits per heavy atom. The molecule has 7 nitrogen and oxygen atoms in total. The lowest BCUT2D eigenvalue weighted by molar-refractivity contribution is -0.147. The predicted molar refractivity (Wildman–Crippen MR) is 120 cm³/mol. The average molecular weight is 432 g/mol. The van der Waals surface area contributed by atoms with Gasteiger partial charge in [0.1, 0.15) is 0 Å². The van der Waals surface area contributed by atoms with Crippen LogP contribution in [-0.2, 0) is 14.3 Å². The van der Waals surface area contributed by atoms with Crippen LogP contribution in [0.5, 0.6) is 0 Å².